The number of rotatable bonds is 5. The molecule has 0 saturated heterocycles. The molecule has 0 atom stereocenters. The fraction of sp³-hybridized carbons (Fsp3) is 0.0435. The molecule has 0 saturated carbocycles. The van der Waals surface area contributed by atoms with E-state index in [-0.39, 0.29) is 17.2 Å². The van der Waals surface area contributed by atoms with E-state index >= 15 is 0 Å². The molecule has 1 N–H and O–H groups in total. The van der Waals surface area contributed by atoms with E-state index in [0.29, 0.717) is 27.7 Å². The SMILES string of the molecule is N#C/C(=C\c1cc(Cl)ccc1OCc1c(F)cccc1Cl)c1nc2ccccc2[nH]1. The third kappa shape index (κ3) is 4.16. The number of benzene rings is 3. The lowest BCUT2D eigenvalue weighted by Crippen LogP contribution is -2.01. The summed E-state index contributed by atoms with van der Waals surface area (Å²) in [5, 5.41) is 10.4. The van der Waals surface area contributed by atoms with Gasteiger partial charge in [-0.3, -0.25) is 0 Å². The zero-order chi connectivity index (χ0) is 21.1. The first-order valence-corrected chi connectivity index (χ1v) is 9.73. The van der Waals surface area contributed by atoms with E-state index in [4.69, 9.17) is 27.9 Å². The topological polar surface area (TPSA) is 61.7 Å². The van der Waals surface area contributed by atoms with Crippen LogP contribution in [-0.2, 0) is 6.61 Å². The number of fused-ring (bicyclic) bond motifs is 1. The van der Waals surface area contributed by atoms with Gasteiger partial charge in [-0.25, -0.2) is 9.37 Å². The van der Waals surface area contributed by atoms with Crippen LogP contribution in [0, 0.1) is 17.1 Å². The Hall–Kier alpha value is -3.33. The summed E-state index contributed by atoms with van der Waals surface area (Å²) in [7, 11) is 0. The summed E-state index contributed by atoms with van der Waals surface area (Å²) in [4.78, 5) is 7.59. The molecular weight excluding hydrogens is 424 g/mol. The summed E-state index contributed by atoms with van der Waals surface area (Å²) in [5.74, 6) is 0.415. The van der Waals surface area contributed by atoms with E-state index < -0.39 is 5.82 Å². The number of allylic oxidation sites excluding steroid dienone is 1. The number of aromatic nitrogens is 2. The number of imidazole rings is 1. The number of aromatic amines is 1. The first kappa shape index (κ1) is 20.0. The highest BCUT2D eigenvalue weighted by Crippen LogP contribution is 2.29. The average molecular weight is 438 g/mol. The van der Waals surface area contributed by atoms with Gasteiger partial charge < -0.3 is 9.72 Å². The number of ether oxygens (including phenoxy) is 1. The van der Waals surface area contributed by atoms with Gasteiger partial charge >= 0.3 is 0 Å². The van der Waals surface area contributed by atoms with Gasteiger partial charge in [0.1, 0.15) is 30.1 Å². The van der Waals surface area contributed by atoms with E-state index in [1.165, 1.54) is 12.1 Å². The van der Waals surface area contributed by atoms with Crippen LogP contribution in [-0.4, -0.2) is 9.97 Å². The van der Waals surface area contributed by atoms with Crippen LogP contribution in [0.3, 0.4) is 0 Å². The van der Waals surface area contributed by atoms with Crippen LogP contribution in [0.25, 0.3) is 22.7 Å². The van der Waals surface area contributed by atoms with Crippen molar-refractivity contribution in [2.75, 3.05) is 0 Å². The van der Waals surface area contributed by atoms with Gasteiger partial charge in [0.15, 0.2) is 0 Å². The smallest absolute Gasteiger partial charge is 0.149 e. The zero-order valence-electron chi connectivity index (χ0n) is 15.5. The number of nitrogens with zero attached hydrogens (tertiary/aromatic N) is 2. The van der Waals surface area contributed by atoms with Crippen molar-refractivity contribution in [2.45, 2.75) is 6.61 Å². The van der Waals surface area contributed by atoms with Gasteiger partial charge in [0.2, 0.25) is 0 Å². The van der Waals surface area contributed by atoms with Crippen LogP contribution in [0.2, 0.25) is 10.0 Å². The van der Waals surface area contributed by atoms with Crippen LogP contribution >= 0.6 is 23.2 Å². The molecular formula is C23H14Cl2FN3O. The van der Waals surface area contributed by atoms with Gasteiger partial charge in [0.05, 0.1) is 21.6 Å². The molecule has 30 heavy (non-hydrogen) atoms. The molecule has 4 aromatic rings. The lowest BCUT2D eigenvalue weighted by molar-refractivity contribution is 0.299. The lowest BCUT2D eigenvalue weighted by atomic mass is 10.1. The summed E-state index contributed by atoms with van der Waals surface area (Å²) < 4.78 is 19.9. The molecule has 0 aliphatic carbocycles. The number of H-pyrrole nitrogens is 1. The van der Waals surface area contributed by atoms with Crippen LogP contribution in [0.5, 0.6) is 5.75 Å². The maximum atomic E-state index is 14.1. The normalized spacial score (nSPS) is 11.5. The average Bonchev–Trinajstić information content (AvgIpc) is 3.17. The molecule has 4 nitrogen and oxygen atoms in total. The monoisotopic (exact) mass is 437 g/mol. The fourth-order valence-corrected chi connectivity index (χ4v) is 3.37. The van der Waals surface area contributed by atoms with E-state index in [1.807, 2.05) is 24.3 Å². The second kappa shape index (κ2) is 8.58. The molecule has 148 valence electrons. The largest absolute Gasteiger partial charge is 0.488 e. The van der Waals surface area contributed by atoms with Crippen LogP contribution in [0.4, 0.5) is 4.39 Å². The molecule has 0 bridgehead atoms. The Morgan fingerprint density at radius 3 is 2.73 bits per heavy atom. The molecule has 0 aliphatic rings. The van der Waals surface area contributed by atoms with E-state index in [1.54, 1.807) is 30.3 Å². The molecule has 0 amide bonds. The molecule has 0 spiro atoms. The highest BCUT2D eigenvalue weighted by atomic mass is 35.5. The van der Waals surface area contributed by atoms with Crippen LogP contribution in [0.15, 0.2) is 60.7 Å². The second-order valence-electron chi connectivity index (χ2n) is 6.44. The third-order valence-corrected chi connectivity index (χ3v) is 5.06. The summed E-state index contributed by atoms with van der Waals surface area (Å²) >= 11 is 12.2. The van der Waals surface area contributed by atoms with Crippen molar-refractivity contribution >= 4 is 45.9 Å². The maximum absolute atomic E-state index is 14.1. The van der Waals surface area contributed by atoms with Crippen molar-refractivity contribution in [1.82, 2.24) is 9.97 Å². The van der Waals surface area contributed by atoms with Gasteiger partial charge in [-0.05, 0) is 48.5 Å². The standard InChI is InChI=1S/C23H14Cl2FN3O/c24-16-8-9-22(30-13-17-18(25)4-3-5-19(17)26)14(11-16)10-15(12-27)23-28-20-6-1-2-7-21(20)29-23/h1-11H,13H2,(H,28,29)/b15-10+. The number of nitriles is 1. The molecule has 1 heterocycles. The van der Waals surface area contributed by atoms with Crippen molar-refractivity contribution in [2.24, 2.45) is 0 Å². The summed E-state index contributed by atoms with van der Waals surface area (Å²) in [6.45, 7) is -0.0689. The predicted molar refractivity (Wildman–Crippen MR) is 117 cm³/mol. The molecule has 7 heteroatoms. The van der Waals surface area contributed by atoms with E-state index in [9.17, 15) is 9.65 Å². The van der Waals surface area contributed by atoms with Gasteiger partial charge in [0, 0.05) is 16.1 Å². The first-order valence-electron chi connectivity index (χ1n) is 8.97. The fourth-order valence-electron chi connectivity index (χ4n) is 2.97. The van der Waals surface area contributed by atoms with E-state index in [0.717, 1.165) is 11.0 Å². The minimum atomic E-state index is -0.450. The second-order valence-corrected chi connectivity index (χ2v) is 7.29. The predicted octanol–water partition coefficient (Wildman–Crippen LogP) is 6.65. The minimum Gasteiger partial charge on any atom is -0.488 e. The number of hydrogen-bond acceptors (Lipinski definition) is 3. The highest BCUT2D eigenvalue weighted by Gasteiger charge is 2.12. The van der Waals surface area contributed by atoms with Crippen molar-refractivity contribution in [3.63, 3.8) is 0 Å². The van der Waals surface area contributed by atoms with Crippen molar-refractivity contribution in [3.05, 3.63) is 93.5 Å². The zero-order valence-corrected chi connectivity index (χ0v) is 17.0. The lowest BCUT2D eigenvalue weighted by Gasteiger charge is -2.12. The molecule has 4 rings (SSSR count). The number of nitrogens with one attached hydrogen (secondary N) is 1. The molecule has 0 unspecified atom stereocenters. The first-order chi connectivity index (χ1) is 14.5. The van der Waals surface area contributed by atoms with Crippen molar-refractivity contribution in [1.29, 1.82) is 5.26 Å². The number of para-hydroxylation sites is 2. The Morgan fingerprint density at radius 2 is 1.97 bits per heavy atom. The highest BCUT2D eigenvalue weighted by molar-refractivity contribution is 6.31. The summed E-state index contributed by atoms with van der Waals surface area (Å²) in [5.41, 5.74) is 2.70. The molecule has 1 aromatic heterocycles. The van der Waals surface area contributed by atoms with Gasteiger partial charge in [-0.1, -0.05) is 41.4 Å². The third-order valence-electron chi connectivity index (χ3n) is 4.47. The van der Waals surface area contributed by atoms with Crippen LogP contribution in [0.1, 0.15) is 17.0 Å². The quantitative estimate of drug-likeness (QED) is 0.355. The minimum absolute atomic E-state index is 0.0689. The number of hydrogen-bond donors (Lipinski definition) is 1. The Balaban J connectivity index is 1.69. The Kier molecular flexibility index (Phi) is 5.71. The molecule has 0 aliphatic heterocycles. The summed E-state index contributed by atoms with van der Waals surface area (Å²) in [6.07, 6.45) is 1.63. The van der Waals surface area contributed by atoms with Gasteiger partial charge in [-0.15, -0.1) is 0 Å². The van der Waals surface area contributed by atoms with Crippen molar-refractivity contribution < 1.29 is 9.13 Å². The van der Waals surface area contributed by atoms with Gasteiger partial charge in [0.25, 0.3) is 0 Å². The Morgan fingerprint density at radius 1 is 1.13 bits per heavy atom. The Bertz CT molecular complexity index is 1250. The molecule has 0 fully saturated rings. The molecule has 3 aromatic carbocycles. The maximum Gasteiger partial charge on any atom is 0.149 e. The van der Waals surface area contributed by atoms with E-state index in [2.05, 4.69) is 16.0 Å². The van der Waals surface area contributed by atoms with Crippen LogP contribution < -0.4 is 4.74 Å². The number of halogens is 3. The van der Waals surface area contributed by atoms with Gasteiger partial charge in [-0.2, -0.15) is 5.26 Å². The Labute approximate surface area is 182 Å². The van der Waals surface area contributed by atoms with Crippen molar-refractivity contribution in [3.8, 4) is 11.8 Å². The summed E-state index contributed by atoms with van der Waals surface area (Å²) in [6, 6.07) is 19.1. The molecule has 0 radical (unpaired) electrons.